The van der Waals surface area contributed by atoms with E-state index in [1.54, 1.807) is 12.1 Å². The predicted octanol–water partition coefficient (Wildman–Crippen LogP) is 1.74. The molecule has 5 heteroatoms. The first-order chi connectivity index (χ1) is 8.03. The van der Waals surface area contributed by atoms with Crippen molar-refractivity contribution in [3.8, 4) is 0 Å². The summed E-state index contributed by atoms with van der Waals surface area (Å²) in [5, 5.41) is 3.00. The summed E-state index contributed by atoms with van der Waals surface area (Å²) < 4.78 is 35.6. The summed E-state index contributed by atoms with van der Waals surface area (Å²) in [6.07, 6.45) is 0.645. The third-order valence-electron chi connectivity index (χ3n) is 2.32. The van der Waals surface area contributed by atoms with Crippen molar-refractivity contribution in [2.75, 3.05) is 18.1 Å². The Labute approximate surface area is 102 Å². The van der Waals surface area contributed by atoms with Gasteiger partial charge in [0.2, 0.25) is 0 Å². The number of hydrogen-bond acceptors (Lipinski definition) is 3. The van der Waals surface area contributed by atoms with Crippen molar-refractivity contribution >= 4 is 9.84 Å². The quantitative estimate of drug-likeness (QED) is 0.759. The minimum absolute atomic E-state index is 0.135. The molecule has 1 N–H and O–H groups in total. The fourth-order valence-corrected chi connectivity index (χ4v) is 2.80. The van der Waals surface area contributed by atoms with Gasteiger partial charge in [-0.25, -0.2) is 12.8 Å². The maximum atomic E-state index is 12.8. The lowest BCUT2D eigenvalue weighted by Gasteiger charge is -2.05. The van der Waals surface area contributed by atoms with Crippen LogP contribution in [0.15, 0.2) is 24.3 Å². The molecule has 96 valence electrons. The summed E-state index contributed by atoms with van der Waals surface area (Å²) in [5.41, 5.74) is 0.817. The highest BCUT2D eigenvalue weighted by Crippen LogP contribution is 2.02. The van der Waals surface area contributed by atoms with Crippen LogP contribution in [0.3, 0.4) is 0 Å². The Balaban J connectivity index is 2.29. The van der Waals surface area contributed by atoms with Crippen molar-refractivity contribution < 1.29 is 12.8 Å². The van der Waals surface area contributed by atoms with Gasteiger partial charge in [-0.2, -0.15) is 0 Å². The minimum Gasteiger partial charge on any atom is -0.312 e. The molecule has 0 aliphatic heterocycles. The van der Waals surface area contributed by atoms with E-state index in [1.807, 2.05) is 6.92 Å². The van der Waals surface area contributed by atoms with Gasteiger partial charge >= 0.3 is 0 Å². The summed E-state index contributed by atoms with van der Waals surface area (Å²) in [6, 6.07) is 6.26. The van der Waals surface area contributed by atoms with Crippen LogP contribution in [0.1, 0.15) is 18.9 Å². The lowest BCUT2D eigenvalue weighted by atomic mass is 10.2. The lowest BCUT2D eigenvalue weighted by Crippen LogP contribution is -2.24. The maximum Gasteiger partial charge on any atom is 0.151 e. The van der Waals surface area contributed by atoms with Gasteiger partial charge in [0, 0.05) is 18.8 Å². The zero-order chi connectivity index (χ0) is 12.7. The van der Waals surface area contributed by atoms with Crippen molar-refractivity contribution in [2.24, 2.45) is 0 Å². The van der Waals surface area contributed by atoms with Crippen molar-refractivity contribution in [1.29, 1.82) is 0 Å². The van der Waals surface area contributed by atoms with Crippen LogP contribution in [0.25, 0.3) is 0 Å². The van der Waals surface area contributed by atoms with E-state index in [4.69, 9.17) is 0 Å². The molecule has 1 aromatic rings. The van der Waals surface area contributed by atoms with Crippen LogP contribution in [0.4, 0.5) is 4.39 Å². The number of halogens is 1. The van der Waals surface area contributed by atoms with Crippen molar-refractivity contribution in [2.45, 2.75) is 19.9 Å². The molecule has 0 saturated heterocycles. The molecule has 0 heterocycles. The Morgan fingerprint density at radius 1 is 1.29 bits per heavy atom. The van der Waals surface area contributed by atoms with Crippen LogP contribution in [0.2, 0.25) is 0 Å². The van der Waals surface area contributed by atoms with Gasteiger partial charge in [0.25, 0.3) is 0 Å². The van der Waals surface area contributed by atoms with E-state index in [9.17, 15) is 12.8 Å². The van der Waals surface area contributed by atoms with Crippen LogP contribution < -0.4 is 5.32 Å². The van der Waals surface area contributed by atoms with E-state index < -0.39 is 9.84 Å². The second-order valence-corrected chi connectivity index (χ2v) is 6.26. The maximum absolute atomic E-state index is 12.8. The fourth-order valence-electron chi connectivity index (χ4n) is 1.52. The Bertz CT molecular complexity index is 446. The van der Waals surface area contributed by atoms with Gasteiger partial charge < -0.3 is 5.32 Å². The molecule has 1 aromatic carbocycles. The van der Waals surface area contributed by atoms with E-state index in [0.29, 0.717) is 19.5 Å². The average molecular weight is 259 g/mol. The third-order valence-corrected chi connectivity index (χ3v) is 4.18. The SMILES string of the molecule is CCCS(=O)(=O)CCNCc1cccc(F)c1. The van der Waals surface area contributed by atoms with Crippen LogP contribution in [-0.4, -0.2) is 26.5 Å². The fraction of sp³-hybridized carbons (Fsp3) is 0.500. The largest absolute Gasteiger partial charge is 0.312 e. The number of sulfone groups is 1. The molecule has 0 unspecified atom stereocenters. The minimum atomic E-state index is -2.93. The van der Waals surface area contributed by atoms with Gasteiger partial charge in [0.05, 0.1) is 5.75 Å². The van der Waals surface area contributed by atoms with Crippen molar-refractivity contribution in [3.05, 3.63) is 35.6 Å². The summed E-state index contributed by atoms with van der Waals surface area (Å²) in [5.74, 6) is 0.0908. The van der Waals surface area contributed by atoms with Gasteiger partial charge in [0.15, 0.2) is 9.84 Å². The smallest absolute Gasteiger partial charge is 0.151 e. The summed E-state index contributed by atoms with van der Waals surface area (Å²) in [6.45, 7) is 2.73. The molecule has 1 rings (SSSR count). The van der Waals surface area contributed by atoms with Crippen LogP contribution in [0.5, 0.6) is 0 Å². The van der Waals surface area contributed by atoms with Crippen LogP contribution in [-0.2, 0) is 16.4 Å². The van der Waals surface area contributed by atoms with Gasteiger partial charge in [-0.1, -0.05) is 19.1 Å². The van der Waals surface area contributed by atoms with E-state index in [1.165, 1.54) is 12.1 Å². The van der Waals surface area contributed by atoms with Gasteiger partial charge in [0.1, 0.15) is 5.82 Å². The Morgan fingerprint density at radius 3 is 2.71 bits per heavy atom. The molecule has 0 fully saturated rings. The highest BCUT2D eigenvalue weighted by atomic mass is 32.2. The zero-order valence-electron chi connectivity index (χ0n) is 9.95. The van der Waals surface area contributed by atoms with E-state index in [-0.39, 0.29) is 17.3 Å². The lowest BCUT2D eigenvalue weighted by molar-refractivity contribution is 0.588. The third kappa shape index (κ3) is 5.79. The molecular formula is C12H18FNO2S. The molecule has 0 saturated carbocycles. The van der Waals surface area contributed by atoms with E-state index in [2.05, 4.69) is 5.32 Å². The first kappa shape index (κ1) is 14.1. The molecule has 0 amide bonds. The molecule has 0 aliphatic rings. The number of benzene rings is 1. The molecular weight excluding hydrogens is 241 g/mol. The second kappa shape index (κ2) is 6.71. The van der Waals surface area contributed by atoms with Gasteiger partial charge in [-0.3, -0.25) is 0 Å². The normalized spacial score (nSPS) is 11.6. The highest BCUT2D eigenvalue weighted by molar-refractivity contribution is 7.91. The average Bonchev–Trinajstić information content (AvgIpc) is 2.24. The Morgan fingerprint density at radius 2 is 2.06 bits per heavy atom. The molecule has 0 aliphatic carbocycles. The van der Waals surface area contributed by atoms with Crippen LogP contribution >= 0.6 is 0 Å². The summed E-state index contributed by atoms with van der Waals surface area (Å²) in [4.78, 5) is 0. The standard InChI is InChI=1S/C12H18FNO2S/c1-2-7-17(15,16)8-6-14-10-11-4-3-5-12(13)9-11/h3-5,9,14H,2,6-8,10H2,1H3. The molecule has 0 bridgehead atoms. The highest BCUT2D eigenvalue weighted by Gasteiger charge is 2.07. The summed E-state index contributed by atoms with van der Waals surface area (Å²) >= 11 is 0. The van der Waals surface area contributed by atoms with Crippen LogP contribution in [0, 0.1) is 5.82 Å². The zero-order valence-corrected chi connectivity index (χ0v) is 10.8. The second-order valence-electron chi connectivity index (χ2n) is 3.96. The number of nitrogens with one attached hydrogen (secondary N) is 1. The topological polar surface area (TPSA) is 46.2 Å². The van der Waals surface area contributed by atoms with Crippen molar-refractivity contribution in [3.63, 3.8) is 0 Å². The first-order valence-corrected chi connectivity index (χ1v) is 7.51. The molecule has 0 aromatic heterocycles. The monoisotopic (exact) mass is 259 g/mol. The predicted molar refractivity (Wildman–Crippen MR) is 67.1 cm³/mol. The van der Waals surface area contributed by atoms with Gasteiger partial charge in [-0.15, -0.1) is 0 Å². The molecule has 0 atom stereocenters. The van der Waals surface area contributed by atoms with Crippen molar-refractivity contribution in [1.82, 2.24) is 5.32 Å². The van der Waals surface area contributed by atoms with E-state index in [0.717, 1.165) is 5.56 Å². The van der Waals surface area contributed by atoms with E-state index >= 15 is 0 Å². The number of hydrogen-bond donors (Lipinski definition) is 1. The van der Waals surface area contributed by atoms with Gasteiger partial charge in [-0.05, 0) is 24.1 Å². The molecule has 17 heavy (non-hydrogen) atoms. The molecule has 3 nitrogen and oxygen atoms in total. The summed E-state index contributed by atoms with van der Waals surface area (Å²) in [7, 11) is -2.93. The first-order valence-electron chi connectivity index (χ1n) is 5.69. The Hall–Kier alpha value is -0.940. The Kier molecular flexibility index (Phi) is 5.58. The molecule has 0 radical (unpaired) electrons. The number of rotatable bonds is 7. The molecule has 0 spiro atoms.